The van der Waals surface area contributed by atoms with Crippen molar-refractivity contribution in [3.63, 3.8) is 0 Å². The number of hydrogen-bond donors (Lipinski definition) is 0. The first-order valence-corrected chi connectivity index (χ1v) is 10.6. The fourth-order valence-electron chi connectivity index (χ4n) is 3.04. The van der Waals surface area contributed by atoms with Crippen LogP contribution >= 0.6 is 15.9 Å². The first-order chi connectivity index (χ1) is 12.2. The summed E-state index contributed by atoms with van der Waals surface area (Å²) < 4.78 is 25.8. The van der Waals surface area contributed by atoms with Crippen LogP contribution in [0, 0.1) is 0 Å². The van der Waals surface area contributed by atoms with Crippen LogP contribution in [0.4, 0.5) is 0 Å². The molecule has 26 heavy (non-hydrogen) atoms. The molecule has 0 N–H and O–H groups in total. The zero-order valence-electron chi connectivity index (χ0n) is 14.1. The van der Waals surface area contributed by atoms with Crippen LogP contribution in [-0.4, -0.2) is 78.7 Å². The van der Waals surface area contributed by atoms with Gasteiger partial charge in [-0.15, -0.1) is 0 Å². The van der Waals surface area contributed by atoms with Crippen LogP contribution in [0.1, 0.15) is 27.6 Å². The average Bonchev–Trinajstić information content (AvgIpc) is 2.86. The standard InChI is InChI=1S/C16H18BrN3O5S/c1-2-26(24,25)19-7-5-18(6-8-19)14(21)10-20-15(22)12-4-3-11(17)9-13(12)16(20)23/h3-4,9H,2,5-8,10H2,1H3. The number of halogens is 1. The molecule has 1 fully saturated rings. The lowest BCUT2D eigenvalue weighted by atomic mass is 10.1. The van der Waals surface area contributed by atoms with Gasteiger partial charge in [0, 0.05) is 30.7 Å². The molecule has 0 aliphatic carbocycles. The van der Waals surface area contributed by atoms with Crippen molar-refractivity contribution < 1.29 is 22.8 Å². The van der Waals surface area contributed by atoms with Crippen molar-refractivity contribution in [2.24, 2.45) is 0 Å². The molecule has 2 aliphatic heterocycles. The minimum absolute atomic E-state index is 0.0194. The fourth-order valence-corrected chi connectivity index (χ4v) is 4.49. The van der Waals surface area contributed by atoms with E-state index in [1.807, 2.05) is 0 Å². The van der Waals surface area contributed by atoms with Gasteiger partial charge in [-0.3, -0.25) is 19.3 Å². The lowest BCUT2D eigenvalue weighted by molar-refractivity contribution is -0.132. The largest absolute Gasteiger partial charge is 0.338 e. The van der Waals surface area contributed by atoms with Crippen molar-refractivity contribution in [2.75, 3.05) is 38.5 Å². The molecule has 140 valence electrons. The number of piperazine rings is 1. The number of carbonyl (C=O) groups excluding carboxylic acids is 3. The number of carbonyl (C=O) groups is 3. The highest BCUT2D eigenvalue weighted by Gasteiger charge is 2.38. The molecule has 0 unspecified atom stereocenters. The molecule has 0 aromatic heterocycles. The van der Waals surface area contributed by atoms with Gasteiger partial charge in [0.2, 0.25) is 15.9 Å². The van der Waals surface area contributed by atoms with Crippen LogP contribution in [0.3, 0.4) is 0 Å². The van der Waals surface area contributed by atoms with Crippen molar-refractivity contribution in [3.05, 3.63) is 33.8 Å². The molecule has 0 saturated carbocycles. The summed E-state index contributed by atoms with van der Waals surface area (Å²) in [6.45, 7) is 2.16. The Morgan fingerprint density at radius 1 is 1.08 bits per heavy atom. The Balaban J connectivity index is 1.65. The highest BCUT2D eigenvalue weighted by molar-refractivity contribution is 9.10. The first kappa shape index (κ1) is 19.0. The molecule has 8 nitrogen and oxygen atoms in total. The van der Waals surface area contributed by atoms with Crippen LogP contribution in [-0.2, 0) is 14.8 Å². The molecule has 3 rings (SSSR count). The second kappa shape index (κ2) is 7.09. The second-order valence-electron chi connectivity index (χ2n) is 6.07. The third-order valence-corrected chi connectivity index (χ3v) is 6.95. The number of sulfonamides is 1. The van der Waals surface area contributed by atoms with Gasteiger partial charge in [-0.05, 0) is 25.1 Å². The van der Waals surface area contributed by atoms with Gasteiger partial charge >= 0.3 is 0 Å². The molecular weight excluding hydrogens is 426 g/mol. The van der Waals surface area contributed by atoms with Gasteiger partial charge in [0.1, 0.15) is 6.54 Å². The van der Waals surface area contributed by atoms with Gasteiger partial charge in [0.15, 0.2) is 0 Å². The molecule has 0 bridgehead atoms. The minimum atomic E-state index is -3.28. The Hall–Kier alpha value is -1.78. The number of nitrogens with zero attached hydrogens (tertiary/aromatic N) is 3. The molecule has 1 saturated heterocycles. The number of rotatable bonds is 4. The summed E-state index contributed by atoms with van der Waals surface area (Å²) in [6, 6.07) is 4.79. The lowest BCUT2D eigenvalue weighted by Crippen LogP contribution is -2.53. The van der Waals surface area contributed by atoms with Crippen LogP contribution < -0.4 is 0 Å². The van der Waals surface area contributed by atoms with E-state index in [0.29, 0.717) is 4.47 Å². The Bertz CT molecular complexity index is 878. The Kier molecular flexibility index (Phi) is 5.18. The van der Waals surface area contributed by atoms with E-state index in [0.717, 1.165) is 4.90 Å². The maximum Gasteiger partial charge on any atom is 0.262 e. The van der Waals surface area contributed by atoms with E-state index in [-0.39, 0.29) is 55.5 Å². The van der Waals surface area contributed by atoms with Crippen LogP contribution in [0.15, 0.2) is 22.7 Å². The molecule has 0 radical (unpaired) electrons. The third kappa shape index (κ3) is 3.40. The molecule has 2 aliphatic rings. The molecule has 1 aromatic carbocycles. The monoisotopic (exact) mass is 443 g/mol. The van der Waals surface area contributed by atoms with E-state index in [2.05, 4.69) is 15.9 Å². The predicted octanol–water partition coefficient (Wildman–Crippen LogP) is 0.539. The van der Waals surface area contributed by atoms with Gasteiger partial charge in [0.05, 0.1) is 16.9 Å². The van der Waals surface area contributed by atoms with Gasteiger partial charge in [-0.1, -0.05) is 15.9 Å². The Labute approximate surface area is 159 Å². The number of imide groups is 1. The van der Waals surface area contributed by atoms with Crippen molar-refractivity contribution in [3.8, 4) is 0 Å². The van der Waals surface area contributed by atoms with Gasteiger partial charge in [-0.25, -0.2) is 8.42 Å². The molecule has 10 heteroatoms. The van der Waals surface area contributed by atoms with Crippen molar-refractivity contribution in [2.45, 2.75) is 6.92 Å². The van der Waals surface area contributed by atoms with E-state index in [1.54, 1.807) is 25.1 Å². The quantitative estimate of drug-likeness (QED) is 0.632. The van der Waals surface area contributed by atoms with Crippen LogP contribution in [0.2, 0.25) is 0 Å². The Morgan fingerprint density at radius 3 is 2.31 bits per heavy atom. The zero-order valence-corrected chi connectivity index (χ0v) is 16.5. The van der Waals surface area contributed by atoms with E-state index < -0.39 is 21.8 Å². The average molecular weight is 444 g/mol. The van der Waals surface area contributed by atoms with E-state index >= 15 is 0 Å². The lowest BCUT2D eigenvalue weighted by Gasteiger charge is -2.34. The smallest absolute Gasteiger partial charge is 0.262 e. The van der Waals surface area contributed by atoms with Gasteiger partial charge in [-0.2, -0.15) is 4.31 Å². The molecule has 1 aromatic rings. The van der Waals surface area contributed by atoms with Crippen LogP contribution in [0.25, 0.3) is 0 Å². The SMILES string of the molecule is CCS(=O)(=O)N1CCN(C(=O)CN2C(=O)c3ccc(Br)cc3C2=O)CC1. The summed E-state index contributed by atoms with van der Waals surface area (Å²) in [6.07, 6.45) is 0. The Morgan fingerprint density at radius 2 is 1.69 bits per heavy atom. The summed E-state index contributed by atoms with van der Waals surface area (Å²) in [4.78, 5) is 39.7. The normalized spacial score (nSPS) is 18.4. The minimum Gasteiger partial charge on any atom is -0.338 e. The van der Waals surface area contributed by atoms with Crippen molar-refractivity contribution >= 4 is 43.7 Å². The highest BCUT2D eigenvalue weighted by Crippen LogP contribution is 2.26. The van der Waals surface area contributed by atoms with Crippen LogP contribution in [0.5, 0.6) is 0 Å². The zero-order chi connectivity index (χ0) is 19.1. The first-order valence-electron chi connectivity index (χ1n) is 8.16. The molecule has 0 atom stereocenters. The fraction of sp³-hybridized carbons (Fsp3) is 0.438. The number of amides is 3. The summed E-state index contributed by atoms with van der Waals surface area (Å²) >= 11 is 3.26. The maximum absolute atomic E-state index is 12.5. The third-order valence-electron chi connectivity index (χ3n) is 4.58. The van der Waals surface area contributed by atoms with Crippen molar-refractivity contribution in [1.29, 1.82) is 0 Å². The summed E-state index contributed by atoms with van der Waals surface area (Å²) in [5.41, 5.74) is 0.556. The van der Waals surface area contributed by atoms with E-state index in [9.17, 15) is 22.8 Å². The molecule has 3 amide bonds. The van der Waals surface area contributed by atoms with E-state index in [1.165, 1.54) is 9.21 Å². The van der Waals surface area contributed by atoms with Gasteiger partial charge < -0.3 is 4.90 Å². The summed E-state index contributed by atoms with van der Waals surface area (Å²) in [7, 11) is -3.28. The molecule has 2 heterocycles. The number of benzene rings is 1. The molecular formula is C16H18BrN3O5S. The number of fused-ring (bicyclic) bond motifs is 1. The molecule has 0 spiro atoms. The van der Waals surface area contributed by atoms with Crippen molar-refractivity contribution in [1.82, 2.24) is 14.1 Å². The summed E-state index contributed by atoms with van der Waals surface area (Å²) in [5.74, 6) is -1.33. The predicted molar refractivity (Wildman–Crippen MR) is 97.1 cm³/mol. The highest BCUT2D eigenvalue weighted by atomic mass is 79.9. The summed E-state index contributed by atoms with van der Waals surface area (Å²) in [5, 5.41) is 0. The van der Waals surface area contributed by atoms with Gasteiger partial charge in [0.25, 0.3) is 11.8 Å². The number of hydrogen-bond acceptors (Lipinski definition) is 5. The van der Waals surface area contributed by atoms with E-state index in [4.69, 9.17) is 0 Å². The second-order valence-corrected chi connectivity index (χ2v) is 9.24. The maximum atomic E-state index is 12.5. The topological polar surface area (TPSA) is 95.1 Å².